The first-order valence-electron chi connectivity index (χ1n) is 5.81. The van der Waals surface area contributed by atoms with Crippen LogP contribution in [0.2, 0.25) is 5.02 Å². The molecule has 0 saturated heterocycles. The first kappa shape index (κ1) is 14.3. The minimum atomic E-state index is -0.138. The Kier molecular flexibility index (Phi) is 4.47. The second-order valence-electron chi connectivity index (χ2n) is 4.33. The van der Waals surface area contributed by atoms with Gasteiger partial charge in [0.15, 0.2) is 0 Å². The average molecular weight is 386 g/mol. The number of amides is 1. The van der Waals surface area contributed by atoms with Crippen LogP contribution in [0.15, 0.2) is 36.4 Å². The maximum Gasteiger partial charge on any atom is 0.256 e. The van der Waals surface area contributed by atoms with Gasteiger partial charge in [-0.3, -0.25) is 4.79 Å². The van der Waals surface area contributed by atoms with Crippen molar-refractivity contribution in [2.45, 2.75) is 13.8 Å². The van der Waals surface area contributed by atoms with E-state index in [-0.39, 0.29) is 5.91 Å². The number of hydrogen-bond acceptors (Lipinski definition) is 1. The molecule has 98 valence electrons. The Balaban J connectivity index is 2.31. The van der Waals surface area contributed by atoms with E-state index in [1.54, 1.807) is 12.1 Å². The predicted octanol–water partition coefficient (Wildman–Crippen LogP) is 4.81. The molecule has 2 aromatic carbocycles. The molecule has 0 fully saturated rings. The van der Waals surface area contributed by atoms with E-state index in [1.807, 2.05) is 38.1 Å². The van der Waals surface area contributed by atoms with E-state index in [0.717, 1.165) is 20.4 Å². The van der Waals surface area contributed by atoms with E-state index in [0.29, 0.717) is 10.6 Å². The van der Waals surface area contributed by atoms with Crippen molar-refractivity contribution in [2.75, 3.05) is 5.32 Å². The number of anilines is 1. The Bertz CT molecular complexity index is 640. The summed E-state index contributed by atoms with van der Waals surface area (Å²) < 4.78 is 0.879. The summed E-state index contributed by atoms with van der Waals surface area (Å²) in [6.45, 7) is 4.02. The van der Waals surface area contributed by atoms with Gasteiger partial charge in [-0.15, -0.1) is 0 Å². The van der Waals surface area contributed by atoms with Gasteiger partial charge in [0.05, 0.1) is 5.56 Å². The average Bonchev–Trinajstić information content (AvgIpc) is 2.38. The number of benzene rings is 2. The Hall–Kier alpha value is -1.07. The molecular formula is C15H13ClINO. The van der Waals surface area contributed by atoms with E-state index < -0.39 is 0 Å². The number of nitrogens with one attached hydrogen (secondary N) is 1. The van der Waals surface area contributed by atoms with E-state index in [2.05, 4.69) is 27.9 Å². The lowest BCUT2D eigenvalue weighted by molar-refractivity contribution is 0.102. The van der Waals surface area contributed by atoms with Crippen molar-refractivity contribution in [3.8, 4) is 0 Å². The highest BCUT2D eigenvalue weighted by Gasteiger charge is 2.12. The van der Waals surface area contributed by atoms with Crippen molar-refractivity contribution in [1.29, 1.82) is 0 Å². The van der Waals surface area contributed by atoms with Crippen LogP contribution < -0.4 is 5.32 Å². The van der Waals surface area contributed by atoms with Gasteiger partial charge < -0.3 is 5.32 Å². The van der Waals surface area contributed by atoms with E-state index >= 15 is 0 Å². The van der Waals surface area contributed by atoms with Gasteiger partial charge in [-0.2, -0.15) is 0 Å². The number of rotatable bonds is 2. The van der Waals surface area contributed by atoms with Gasteiger partial charge in [0.25, 0.3) is 5.91 Å². The molecule has 0 aliphatic carbocycles. The third kappa shape index (κ3) is 3.28. The summed E-state index contributed by atoms with van der Waals surface area (Å²) in [4.78, 5) is 12.3. The van der Waals surface area contributed by atoms with Crippen LogP contribution in [0.1, 0.15) is 21.5 Å². The second kappa shape index (κ2) is 5.92. The van der Waals surface area contributed by atoms with Gasteiger partial charge in [0.2, 0.25) is 0 Å². The van der Waals surface area contributed by atoms with E-state index in [4.69, 9.17) is 11.6 Å². The quantitative estimate of drug-likeness (QED) is 0.738. The number of halogens is 2. The van der Waals surface area contributed by atoms with Gasteiger partial charge in [0.1, 0.15) is 0 Å². The summed E-state index contributed by atoms with van der Waals surface area (Å²) in [6.07, 6.45) is 0. The Morgan fingerprint density at radius 3 is 2.68 bits per heavy atom. The lowest BCUT2D eigenvalue weighted by atomic mass is 10.1. The fraction of sp³-hybridized carbons (Fsp3) is 0.133. The molecule has 0 atom stereocenters. The molecular weight excluding hydrogens is 373 g/mol. The highest BCUT2D eigenvalue weighted by molar-refractivity contribution is 14.1. The first-order valence-corrected chi connectivity index (χ1v) is 7.27. The van der Waals surface area contributed by atoms with Crippen molar-refractivity contribution < 1.29 is 4.79 Å². The molecule has 0 spiro atoms. The standard InChI is InChI=1S/C15H13ClINO/c1-9-4-3-5-14(10(9)2)18-15(19)12-8-11(16)6-7-13(12)17/h3-8H,1-2H3,(H,18,19). The molecule has 2 rings (SSSR count). The van der Waals surface area contributed by atoms with Crippen molar-refractivity contribution in [3.63, 3.8) is 0 Å². The van der Waals surface area contributed by atoms with Crippen molar-refractivity contribution in [1.82, 2.24) is 0 Å². The van der Waals surface area contributed by atoms with Gasteiger partial charge in [-0.05, 0) is 71.8 Å². The minimum Gasteiger partial charge on any atom is -0.322 e. The van der Waals surface area contributed by atoms with Crippen LogP contribution in [-0.4, -0.2) is 5.91 Å². The zero-order valence-corrected chi connectivity index (χ0v) is 13.5. The van der Waals surface area contributed by atoms with Gasteiger partial charge in [-0.25, -0.2) is 0 Å². The van der Waals surface area contributed by atoms with Gasteiger partial charge in [0, 0.05) is 14.3 Å². The Labute approximate surface area is 131 Å². The molecule has 2 aromatic rings. The largest absolute Gasteiger partial charge is 0.322 e. The molecule has 4 heteroatoms. The topological polar surface area (TPSA) is 29.1 Å². The van der Waals surface area contributed by atoms with Crippen LogP contribution in [0.3, 0.4) is 0 Å². The SMILES string of the molecule is Cc1cccc(NC(=O)c2cc(Cl)ccc2I)c1C. The lowest BCUT2D eigenvalue weighted by Gasteiger charge is -2.11. The summed E-state index contributed by atoms with van der Waals surface area (Å²) in [5.41, 5.74) is 3.65. The van der Waals surface area contributed by atoms with Crippen LogP contribution in [0.4, 0.5) is 5.69 Å². The monoisotopic (exact) mass is 385 g/mol. The second-order valence-corrected chi connectivity index (χ2v) is 5.92. The van der Waals surface area contributed by atoms with Crippen LogP contribution in [-0.2, 0) is 0 Å². The third-order valence-electron chi connectivity index (χ3n) is 3.03. The Morgan fingerprint density at radius 2 is 1.95 bits per heavy atom. The normalized spacial score (nSPS) is 10.3. The molecule has 1 amide bonds. The van der Waals surface area contributed by atoms with Crippen LogP contribution in [0.25, 0.3) is 0 Å². The van der Waals surface area contributed by atoms with Crippen molar-refractivity contribution in [2.24, 2.45) is 0 Å². The van der Waals surface area contributed by atoms with Crippen LogP contribution >= 0.6 is 34.2 Å². The zero-order valence-electron chi connectivity index (χ0n) is 10.6. The molecule has 1 N–H and O–H groups in total. The fourth-order valence-electron chi connectivity index (χ4n) is 1.75. The molecule has 0 radical (unpaired) electrons. The summed E-state index contributed by atoms with van der Waals surface area (Å²) in [7, 11) is 0. The molecule has 2 nitrogen and oxygen atoms in total. The van der Waals surface area contributed by atoms with E-state index in [1.165, 1.54) is 0 Å². The molecule has 19 heavy (non-hydrogen) atoms. The van der Waals surface area contributed by atoms with Gasteiger partial charge >= 0.3 is 0 Å². The smallest absolute Gasteiger partial charge is 0.256 e. The van der Waals surface area contributed by atoms with Crippen molar-refractivity contribution in [3.05, 3.63) is 61.7 Å². The molecule has 0 unspecified atom stereocenters. The number of carbonyl (C=O) groups is 1. The van der Waals surface area contributed by atoms with Crippen molar-refractivity contribution >= 4 is 45.8 Å². The number of aryl methyl sites for hydroxylation is 1. The number of carbonyl (C=O) groups excluding carboxylic acids is 1. The lowest BCUT2D eigenvalue weighted by Crippen LogP contribution is -2.14. The molecule has 0 bridgehead atoms. The Morgan fingerprint density at radius 1 is 1.21 bits per heavy atom. The summed E-state index contributed by atoms with van der Waals surface area (Å²) in [5, 5.41) is 3.49. The molecule has 0 aromatic heterocycles. The molecule has 0 heterocycles. The first-order chi connectivity index (χ1) is 8.99. The zero-order chi connectivity index (χ0) is 14.0. The maximum absolute atomic E-state index is 12.3. The molecule has 0 saturated carbocycles. The maximum atomic E-state index is 12.3. The highest BCUT2D eigenvalue weighted by Crippen LogP contribution is 2.22. The van der Waals surface area contributed by atoms with Gasteiger partial charge in [-0.1, -0.05) is 23.7 Å². The van der Waals surface area contributed by atoms with E-state index in [9.17, 15) is 4.79 Å². The summed E-state index contributed by atoms with van der Waals surface area (Å²) in [6, 6.07) is 11.1. The molecule has 0 aliphatic heterocycles. The summed E-state index contributed by atoms with van der Waals surface area (Å²) in [5.74, 6) is -0.138. The van der Waals surface area contributed by atoms with Crippen LogP contribution in [0, 0.1) is 17.4 Å². The minimum absolute atomic E-state index is 0.138. The third-order valence-corrected chi connectivity index (χ3v) is 4.20. The molecule has 0 aliphatic rings. The van der Waals surface area contributed by atoms with Crippen LogP contribution in [0.5, 0.6) is 0 Å². The fourth-order valence-corrected chi connectivity index (χ4v) is 2.50. The predicted molar refractivity (Wildman–Crippen MR) is 88.0 cm³/mol. The highest BCUT2D eigenvalue weighted by atomic mass is 127. The number of hydrogen-bond donors (Lipinski definition) is 1. The summed E-state index contributed by atoms with van der Waals surface area (Å²) >= 11 is 8.07.